The lowest BCUT2D eigenvalue weighted by atomic mass is 10.2. The molecule has 2 aromatic carbocycles. The largest absolute Gasteiger partial charge is 0.325 e. The highest BCUT2D eigenvalue weighted by Crippen LogP contribution is 2.24. The van der Waals surface area contributed by atoms with Gasteiger partial charge in [-0.1, -0.05) is 42.8 Å². The van der Waals surface area contributed by atoms with Crippen molar-refractivity contribution in [2.24, 2.45) is 0 Å². The van der Waals surface area contributed by atoms with Crippen molar-refractivity contribution in [1.82, 2.24) is 19.1 Å². The molecular formula is C23H27N5O3S2. The van der Waals surface area contributed by atoms with Gasteiger partial charge in [-0.25, -0.2) is 8.42 Å². The zero-order valence-electron chi connectivity index (χ0n) is 18.5. The molecule has 8 nitrogen and oxygen atoms in total. The molecule has 0 unspecified atom stereocenters. The van der Waals surface area contributed by atoms with Crippen molar-refractivity contribution < 1.29 is 13.2 Å². The number of anilines is 1. The predicted molar refractivity (Wildman–Crippen MR) is 129 cm³/mol. The fraction of sp³-hybridized carbons (Fsp3) is 0.348. The Labute approximate surface area is 198 Å². The van der Waals surface area contributed by atoms with E-state index in [-0.39, 0.29) is 16.6 Å². The second-order valence-electron chi connectivity index (χ2n) is 7.88. The number of carbonyl (C=O) groups excluding carboxylic acids is 1. The van der Waals surface area contributed by atoms with Crippen molar-refractivity contribution in [3.05, 3.63) is 60.4 Å². The van der Waals surface area contributed by atoms with Crippen molar-refractivity contribution in [2.45, 2.75) is 42.7 Å². The second kappa shape index (κ2) is 10.5. The second-order valence-corrected chi connectivity index (χ2v) is 10.8. The smallest absolute Gasteiger partial charge is 0.243 e. The van der Waals surface area contributed by atoms with Crippen molar-refractivity contribution in [2.75, 3.05) is 24.2 Å². The summed E-state index contributed by atoms with van der Waals surface area (Å²) in [5.74, 6) is 0.687. The first-order chi connectivity index (χ1) is 15.9. The van der Waals surface area contributed by atoms with Gasteiger partial charge in [0.15, 0.2) is 5.16 Å². The van der Waals surface area contributed by atoms with E-state index < -0.39 is 10.0 Å². The lowest BCUT2D eigenvalue weighted by molar-refractivity contribution is -0.113. The minimum atomic E-state index is -3.51. The normalized spacial score (nSPS) is 15.2. The highest BCUT2D eigenvalue weighted by atomic mass is 32.2. The molecule has 4 rings (SSSR count). The van der Waals surface area contributed by atoms with E-state index in [1.54, 1.807) is 28.6 Å². The summed E-state index contributed by atoms with van der Waals surface area (Å²) in [6, 6.07) is 16.1. The molecule has 0 saturated carbocycles. The molecule has 1 aliphatic heterocycles. The van der Waals surface area contributed by atoms with Gasteiger partial charge in [0, 0.05) is 24.5 Å². The number of benzene rings is 2. The Balaban J connectivity index is 1.37. The third-order valence-corrected chi connectivity index (χ3v) is 8.32. The molecule has 10 heteroatoms. The topological polar surface area (TPSA) is 97.2 Å². The highest BCUT2D eigenvalue weighted by Gasteiger charge is 2.25. The number of aryl methyl sites for hydroxylation is 1. The standard InChI is InChI=1S/C23H27N5O3S2/c1-18-25-26-23(28(18)20-9-5-4-6-10-20)32-17-22(29)24-19-11-13-21(14-12-19)33(30,31)27-15-7-2-3-8-16-27/h4-6,9-14H,2-3,7-8,15-17H2,1H3,(H,24,29). The van der Waals surface area contributed by atoms with Crippen molar-refractivity contribution in [1.29, 1.82) is 0 Å². The van der Waals surface area contributed by atoms with Gasteiger partial charge in [-0.05, 0) is 56.2 Å². The van der Waals surface area contributed by atoms with Gasteiger partial charge in [0.2, 0.25) is 15.9 Å². The number of aromatic nitrogens is 3. The number of hydrogen-bond acceptors (Lipinski definition) is 6. The van der Waals surface area contributed by atoms with E-state index in [2.05, 4.69) is 15.5 Å². The van der Waals surface area contributed by atoms with Crippen LogP contribution in [0, 0.1) is 6.92 Å². The summed E-state index contributed by atoms with van der Waals surface area (Å²) >= 11 is 1.29. The summed E-state index contributed by atoms with van der Waals surface area (Å²) in [6.45, 7) is 2.99. The Bertz CT molecular complexity index is 1190. The maximum atomic E-state index is 12.9. The van der Waals surface area contributed by atoms with Crippen LogP contribution < -0.4 is 5.32 Å². The molecule has 1 aromatic heterocycles. The zero-order chi connectivity index (χ0) is 23.3. The number of sulfonamides is 1. The number of nitrogens with zero attached hydrogens (tertiary/aromatic N) is 4. The van der Waals surface area contributed by atoms with E-state index in [1.807, 2.05) is 41.8 Å². The molecule has 174 valence electrons. The number of amides is 1. The van der Waals surface area contributed by atoms with Gasteiger partial charge in [-0.2, -0.15) is 4.31 Å². The van der Waals surface area contributed by atoms with E-state index in [0.29, 0.717) is 23.9 Å². The molecule has 2 heterocycles. The first-order valence-corrected chi connectivity index (χ1v) is 13.4. The minimum Gasteiger partial charge on any atom is -0.325 e. The van der Waals surface area contributed by atoms with E-state index in [4.69, 9.17) is 0 Å². The van der Waals surface area contributed by atoms with Crippen LogP contribution in [0.15, 0.2) is 64.6 Å². The average Bonchev–Trinajstić information content (AvgIpc) is 3.00. The summed E-state index contributed by atoms with van der Waals surface area (Å²) in [4.78, 5) is 12.7. The summed E-state index contributed by atoms with van der Waals surface area (Å²) in [5.41, 5.74) is 1.49. The van der Waals surface area contributed by atoms with Crippen LogP contribution >= 0.6 is 11.8 Å². The summed E-state index contributed by atoms with van der Waals surface area (Å²) in [7, 11) is -3.51. The number of nitrogens with one attached hydrogen (secondary N) is 1. The lowest BCUT2D eigenvalue weighted by Crippen LogP contribution is -2.31. The van der Waals surface area contributed by atoms with Gasteiger partial charge in [0.25, 0.3) is 0 Å². The Morgan fingerprint density at radius 1 is 0.970 bits per heavy atom. The van der Waals surface area contributed by atoms with Gasteiger partial charge in [-0.3, -0.25) is 9.36 Å². The van der Waals surface area contributed by atoms with Gasteiger partial charge in [-0.15, -0.1) is 10.2 Å². The molecule has 0 aliphatic carbocycles. The van der Waals surface area contributed by atoms with Crippen LogP contribution in [-0.2, 0) is 14.8 Å². The van der Waals surface area contributed by atoms with Gasteiger partial charge < -0.3 is 5.32 Å². The van der Waals surface area contributed by atoms with E-state index in [1.165, 1.54) is 11.8 Å². The van der Waals surface area contributed by atoms with Crippen LogP contribution in [0.25, 0.3) is 5.69 Å². The first kappa shape index (κ1) is 23.5. The fourth-order valence-electron chi connectivity index (χ4n) is 3.78. The zero-order valence-corrected chi connectivity index (χ0v) is 20.1. The van der Waals surface area contributed by atoms with E-state index in [9.17, 15) is 13.2 Å². The molecule has 0 radical (unpaired) electrons. The van der Waals surface area contributed by atoms with E-state index >= 15 is 0 Å². The average molecular weight is 486 g/mol. The van der Waals surface area contributed by atoms with Crippen molar-refractivity contribution >= 4 is 33.4 Å². The molecule has 1 N–H and O–H groups in total. The van der Waals surface area contributed by atoms with Crippen LogP contribution in [0.3, 0.4) is 0 Å². The van der Waals surface area contributed by atoms with Crippen molar-refractivity contribution in [3.8, 4) is 5.69 Å². The molecule has 1 amide bonds. The van der Waals surface area contributed by atoms with Gasteiger partial charge >= 0.3 is 0 Å². The van der Waals surface area contributed by atoms with Crippen LogP contribution in [0.5, 0.6) is 0 Å². The number of rotatable bonds is 7. The SMILES string of the molecule is Cc1nnc(SCC(=O)Nc2ccc(S(=O)(=O)N3CCCCCC3)cc2)n1-c1ccccc1. The molecule has 1 aliphatic rings. The molecule has 0 atom stereocenters. The Morgan fingerprint density at radius 3 is 2.30 bits per heavy atom. The molecule has 3 aromatic rings. The third-order valence-electron chi connectivity index (χ3n) is 5.48. The van der Waals surface area contributed by atoms with Gasteiger partial charge in [0.1, 0.15) is 5.82 Å². The lowest BCUT2D eigenvalue weighted by Gasteiger charge is -2.20. The van der Waals surface area contributed by atoms with Crippen molar-refractivity contribution in [3.63, 3.8) is 0 Å². The Morgan fingerprint density at radius 2 is 1.64 bits per heavy atom. The maximum Gasteiger partial charge on any atom is 0.243 e. The monoisotopic (exact) mass is 485 g/mol. The summed E-state index contributed by atoms with van der Waals surface area (Å²) in [6.07, 6.45) is 3.91. The molecule has 33 heavy (non-hydrogen) atoms. The quantitative estimate of drug-likeness (QED) is 0.510. The molecular weight excluding hydrogens is 458 g/mol. The number of hydrogen-bond donors (Lipinski definition) is 1. The summed E-state index contributed by atoms with van der Waals surface area (Å²) in [5, 5.41) is 11.8. The summed E-state index contributed by atoms with van der Waals surface area (Å²) < 4.78 is 29.3. The maximum absolute atomic E-state index is 12.9. The van der Waals surface area contributed by atoms with Crippen LogP contribution in [0.2, 0.25) is 0 Å². The number of thioether (sulfide) groups is 1. The van der Waals surface area contributed by atoms with Crippen LogP contribution in [0.1, 0.15) is 31.5 Å². The van der Waals surface area contributed by atoms with Crippen LogP contribution in [0.4, 0.5) is 5.69 Å². The fourth-order valence-corrected chi connectivity index (χ4v) is 6.09. The predicted octanol–water partition coefficient (Wildman–Crippen LogP) is 3.87. The van der Waals surface area contributed by atoms with E-state index in [0.717, 1.165) is 37.2 Å². The van der Waals surface area contributed by atoms with Crippen LogP contribution in [-0.4, -0.2) is 52.2 Å². The molecule has 1 saturated heterocycles. The Kier molecular flexibility index (Phi) is 7.46. The number of carbonyl (C=O) groups is 1. The highest BCUT2D eigenvalue weighted by molar-refractivity contribution is 7.99. The molecule has 1 fully saturated rings. The third kappa shape index (κ3) is 5.63. The minimum absolute atomic E-state index is 0.152. The van der Waals surface area contributed by atoms with Gasteiger partial charge in [0.05, 0.1) is 10.6 Å². The molecule has 0 bridgehead atoms. The molecule has 0 spiro atoms. The Hall–Kier alpha value is -2.69. The first-order valence-electron chi connectivity index (χ1n) is 11.0. The number of para-hydroxylation sites is 1.